The first-order valence-corrected chi connectivity index (χ1v) is 26.4. The molecular weight excluding hydrogens is 719 g/mol. The van der Waals surface area contributed by atoms with E-state index in [1.54, 1.807) is 0 Å². The third-order valence-electron chi connectivity index (χ3n) is 11.6. The number of rotatable bonds is 44. The average molecular weight is 814 g/mol. The van der Waals surface area contributed by atoms with Gasteiger partial charge in [-0.15, -0.1) is 0 Å². The number of carbonyl (C=O) groups excluding carboxylic acids is 2. The predicted octanol–water partition coefficient (Wildman–Crippen LogP) is 13.7. The molecule has 0 spiro atoms. The molecule has 0 bridgehead atoms. The number of sulfone groups is 1. The van der Waals surface area contributed by atoms with Crippen molar-refractivity contribution in [3.8, 4) is 0 Å². The maximum Gasteiger partial charge on any atom is 0.306 e. The Balaban J connectivity index is 4.34. The maximum absolute atomic E-state index is 12.8. The Morgan fingerprint density at radius 1 is 0.500 bits per heavy atom. The first kappa shape index (κ1) is 54.9. The molecule has 56 heavy (non-hydrogen) atoms. The van der Waals surface area contributed by atoms with E-state index in [-0.39, 0.29) is 23.8 Å². The van der Waals surface area contributed by atoms with Crippen molar-refractivity contribution in [1.82, 2.24) is 4.90 Å². The van der Waals surface area contributed by atoms with Crippen LogP contribution in [-0.2, 0) is 28.9 Å². The molecule has 7 nitrogen and oxygen atoms in total. The molecule has 0 aliphatic carbocycles. The zero-order valence-electron chi connectivity index (χ0n) is 38.0. The highest BCUT2D eigenvalue weighted by Crippen LogP contribution is 2.20. The molecule has 8 heteroatoms. The van der Waals surface area contributed by atoms with Crippen molar-refractivity contribution >= 4 is 21.8 Å². The van der Waals surface area contributed by atoms with Gasteiger partial charge in [0, 0.05) is 24.9 Å². The largest absolute Gasteiger partial charge is 0.466 e. The molecular formula is C48H95NO6S. The van der Waals surface area contributed by atoms with Gasteiger partial charge in [-0.25, -0.2) is 8.42 Å². The van der Waals surface area contributed by atoms with Gasteiger partial charge >= 0.3 is 11.9 Å². The van der Waals surface area contributed by atoms with Crippen LogP contribution in [0.4, 0.5) is 0 Å². The Hall–Kier alpha value is -1.15. The van der Waals surface area contributed by atoms with E-state index in [2.05, 4.69) is 32.6 Å². The van der Waals surface area contributed by atoms with Crippen LogP contribution in [0.15, 0.2) is 0 Å². The van der Waals surface area contributed by atoms with E-state index in [9.17, 15) is 18.0 Å². The summed E-state index contributed by atoms with van der Waals surface area (Å²) in [5.74, 6) is 1.03. The second kappa shape index (κ2) is 40.6. The van der Waals surface area contributed by atoms with E-state index in [4.69, 9.17) is 9.47 Å². The molecule has 0 amide bonds. The summed E-state index contributed by atoms with van der Waals surface area (Å²) in [4.78, 5) is 27.4. The van der Waals surface area contributed by atoms with Crippen LogP contribution in [-0.4, -0.2) is 69.6 Å². The van der Waals surface area contributed by atoms with E-state index in [1.165, 1.54) is 103 Å². The maximum atomic E-state index is 12.8. The van der Waals surface area contributed by atoms with Crippen LogP contribution in [0, 0.1) is 5.92 Å². The van der Waals surface area contributed by atoms with Gasteiger partial charge in [-0.1, -0.05) is 163 Å². The van der Waals surface area contributed by atoms with Crippen molar-refractivity contribution in [2.75, 3.05) is 38.2 Å². The second-order valence-electron chi connectivity index (χ2n) is 17.4. The second-order valence-corrected chi connectivity index (χ2v) is 19.6. The molecule has 0 rings (SSSR count). The lowest BCUT2D eigenvalue weighted by Gasteiger charge is -2.22. The first-order valence-electron chi connectivity index (χ1n) is 24.4. The molecule has 0 heterocycles. The lowest BCUT2D eigenvalue weighted by atomic mass is 9.98. The Bertz CT molecular complexity index is 973. The van der Waals surface area contributed by atoms with Crippen molar-refractivity contribution in [2.24, 2.45) is 5.92 Å². The number of esters is 2. The molecule has 0 radical (unpaired) electrons. The minimum atomic E-state index is -2.92. The van der Waals surface area contributed by atoms with Gasteiger partial charge in [-0.3, -0.25) is 9.59 Å². The number of unbranched alkanes of at least 4 members (excludes halogenated alkanes) is 22. The fourth-order valence-electron chi connectivity index (χ4n) is 7.53. The summed E-state index contributed by atoms with van der Waals surface area (Å²) in [6.07, 6.45) is 39.4. The van der Waals surface area contributed by atoms with Crippen molar-refractivity contribution in [2.45, 2.75) is 252 Å². The van der Waals surface area contributed by atoms with Crippen LogP contribution in [0.5, 0.6) is 0 Å². The average Bonchev–Trinajstić information content (AvgIpc) is 3.16. The van der Waals surface area contributed by atoms with Gasteiger partial charge in [0.2, 0.25) is 0 Å². The molecule has 0 saturated carbocycles. The zero-order chi connectivity index (χ0) is 41.4. The lowest BCUT2D eigenvalue weighted by molar-refractivity contribution is -0.150. The van der Waals surface area contributed by atoms with Crippen LogP contribution in [0.3, 0.4) is 0 Å². The molecule has 0 aliphatic rings. The van der Waals surface area contributed by atoms with E-state index in [0.717, 1.165) is 135 Å². The highest BCUT2D eigenvalue weighted by atomic mass is 32.2. The number of ether oxygens (including phenoxy) is 2. The van der Waals surface area contributed by atoms with Crippen molar-refractivity contribution in [1.29, 1.82) is 0 Å². The molecule has 2 unspecified atom stereocenters. The van der Waals surface area contributed by atoms with Gasteiger partial charge in [0.05, 0.1) is 6.61 Å². The Labute approximate surface area is 349 Å². The first-order chi connectivity index (χ1) is 27.1. The molecule has 0 aromatic rings. The van der Waals surface area contributed by atoms with Gasteiger partial charge < -0.3 is 14.4 Å². The van der Waals surface area contributed by atoms with Crippen LogP contribution in [0.25, 0.3) is 0 Å². The van der Waals surface area contributed by atoms with Crippen LogP contribution >= 0.6 is 0 Å². The predicted molar refractivity (Wildman–Crippen MR) is 240 cm³/mol. The number of nitrogens with zero attached hydrogens (tertiary/aromatic N) is 1. The highest BCUT2D eigenvalue weighted by molar-refractivity contribution is 7.90. The summed E-state index contributed by atoms with van der Waals surface area (Å²) >= 11 is 0. The van der Waals surface area contributed by atoms with Crippen molar-refractivity contribution in [3.05, 3.63) is 0 Å². The fraction of sp³-hybridized carbons (Fsp3) is 0.958. The molecule has 0 fully saturated rings. The number of hydrogen-bond acceptors (Lipinski definition) is 7. The van der Waals surface area contributed by atoms with Gasteiger partial charge in [0.25, 0.3) is 0 Å². The SMILES string of the molecule is CCCCCCCCCOC(=O)CCCCCCCN(CCCCCCCC(=O)OC(CCCCCCCC)CCCCCC(C)CC)CCCCS(C)(=O)=O. The molecule has 0 saturated heterocycles. The Morgan fingerprint density at radius 2 is 0.911 bits per heavy atom. The topological polar surface area (TPSA) is 90.0 Å². The molecule has 2 atom stereocenters. The summed E-state index contributed by atoms with van der Waals surface area (Å²) in [5.41, 5.74) is 0. The summed E-state index contributed by atoms with van der Waals surface area (Å²) in [6.45, 7) is 12.7. The molecule has 0 aromatic heterocycles. The molecule has 0 aromatic carbocycles. The monoisotopic (exact) mass is 814 g/mol. The summed E-state index contributed by atoms with van der Waals surface area (Å²) in [6, 6.07) is 0. The third kappa shape index (κ3) is 41.0. The van der Waals surface area contributed by atoms with E-state index in [1.807, 2.05) is 0 Å². The molecule has 334 valence electrons. The summed E-state index contributed by atoms with van der Waals surface area (Å²) in [5, 5.41) is 0. The zero-order valence-corrected chi connectivity index (χ0v) is 38.9. The molecule has 0 N–H and O–H groups in total. The summed E-state index contributed by atoms with van der Waals surface area (Å²) in [7, 11) is -2.92. The van der Waals surface area contributed by atoms with Crippen LogP contribution in [0.2, 0.25) is 0 Å². The standard InChI is InChI=1S/C48H95NO6S/c1-6-9-11-13-15-23-33-43-54-47(50)38-28-19-16-21-30-40-49(42-32-34-44-56(5,52)53)41-31-22-17-20-29-39-48(51)55-46(36-26-18-14-12-10-7-2)37-27-24-25-35-45(4)8-3/h45-46H,6-44H2,1-5H3. The Morgan fingerprint density at radius 3 is 1.43 bits per heavy atom. The Kier molecular flexibility index (Phi) is 39.8. The van der Waals surface area contributed by atoms with E-state index >= 15 is 0 Å². The van der Waals surface area contributed by atoms with Crippen LogP contribution < -0.4 is 0 Å². The smallest absolute Gasteiger partial charge is 0.306 e. The number of hydrogen-bond donors (Lipinski definition) is 0. The quantitative estimate of drug-likeness (QED) is 0.0447. The van der Waals surface area contributed by atoms with Crippen LogP contribution in [0.1, 0.15) is 246 Å². The van der Waals surface area contributed by atoms with E-state index < -0.39 is 9.84 Å². The van der Waals surface area contributed by atoms with Gasteiger partial charge in [0.1, 0.15) is 15.9 Å². The molecule has 0 aliphatic heterocycles. The van der Waals surface area contributed by atoms with Gasteiger partial charge in [0.15, 0.2) is 0 Å². The lowest BCUT2D eigenvalue weighted by Crippen LogP contribution is -2.27. The minimum absolute atomic E-state index is 0.000378. The van der Waals surface area contributed by atoms with E-state index in [0.29, 0.717) is 19.4 Å². The highest BCUT2D eigenvalue weighted by Gasteiger charge is 2.15. The third-order valence-corrected chi connectivity index (χ3v) is 12.6. The number of carbonyl (C=O) groups is 2. The minimum Gasteiger partial charge on any atom is -0.466 e. The fourth-order valence-corrected chi connectivity index (χ4v) is 8.26. The van der Waals surface area contributed by atoms with Crippen molar-refractivity contribution < 1.29 is 27.5 Å². The van der Waals surface area contributed by atoms with Gasteiger partial charge in [-0.2, -0.15) is 0 Å². The normalized spacial score (nSPS) is 13.0. The van der Waals surface area contributed by atoms with Gasteiger partial charge in [-0.05, 0) is 96.2 Å². The van der Waals surface area contributed by atoms with Crippen molar-refractivity contribution in [3.63, 3.8) is 0 Å². The summed E-state index contributed by atoms with van der Waals surface area (Å²) < 4.78 is 34.8.